The second kappa shape index (κ2) is 8.46. The molecule has 0 spiro atoms. The average molecular weight is 507 g/mol. The van der Waals surface area contributed by atoms with E-state index < -0.39 is 0 Å². The maximum atomic E-state index is 15.3. The van der Waals surface area contributed by atoms with E-state index in [0.717, 1.165) is 49.7 Å². The molecule has 0 aromatic carbocycles. The van der Waals surface area contributed by atoms with Crippen molar-refractivity contribution in [3.05, 3.63) is 36.2 Å². The third kappa shape index (κ3) is 3.97. The maximum absolute atomic E-state index is 15.3. The van der Waals surface area contributed by atoms with Crippen LogP contribution in [0.2, 0.25) is 0 Å². The summed E-state index contributed by atoms with van der Waals surface area (Å²) in [6.07, 6.45) is 4.06. The highest BCUT2D eigenvalue weighted by Gasteiger charge is 2.46. The van der Waals surface area contributed by atoms with Crippen molar-refractivity contribution in [1.82, 2.24) is 34.0 Å². The summed E-state index contributed by atoms with van der Waals surface area (Å²) in [6.45, 7) is 16.5. The lowest BCUT2D eigenvalue weighted by molar-refractivity contribution is -0.147. The highest BCUT2D eigenvalue weighted by Crippen LogP contribution is 2.37. The Labute approximate surface area is 216 Å². The molecule has 0 bridgehead atoms. The van der Waals surface area contributed by atoms with Gasteiger partial charge in [0.2, 0.25) is 5.95 Å². The summed E-state index contributed by atoms with van der Waals surface area (Å²) >= 11 is 0. The van der Waals surface area contributed by atoms with Gasteiger partial charge >= 0.3 is 0 Å². The minimum absolute atomic E-state index is 0.0130. The van der Waals surface area contributed by atoms with Gasteiger partial charge < -0.3 is 14.6 Å². The average Bonchev–Trinajstić information content (AvgIpc) is 3.32. The monoisotopic (exact) mass is 506 g/mol. The molecule has 1 N–H and O–H groups in total. The highest BCUT2D eigenvalue weighted by molar-refractivity contribution is 5.83. The molecule has 0 aliphatic carbocycles. The number of likely N-dealkylation sites (tertiary alicyclic amines) is 1. The van der Waals surface area contributed by atoms with Crippen molar-refractivity contribution in [2.75, 3.05) is 31.6 Å². The third-order valence-electron chi connectivity index (χ3n) is 8.10. The van der Waals surface area contributed by atoms with E-state index >= 15 is 4.39 Å². The highest BCUT2D eigenvalue weighted by atomic mass is 19.1. The molecule has 0 radical (unpaired) electrons. The fourth-order valence-corrected chi connectivity index (χ4v) is 5.92. The summed E-state index contributed by atoms with van der Waals surface area (Å²) in [5, 5.41) is 8.16. The molecular weight excluding hydrogens is 471 g/mol. The van der Waals surface area contributed by atoms with Crippen LogP contribution in [0.25, 0.3) is 27.9 Å². The van der Waals surface area contributed by atoms with E-state index in [1.54, 1.807) is 10.7 Å². The van der Waals surface area contributed by atoms with Crippen LogP contribution in [0, 0.1) is 18.2 Å². The van der Waals surface area contributed by atoms with Gasteiger partial charge in [0.15, 0.2) is 11.5 Å². The fraction of sp³-hybridized carbons (Fsp3) is 0.556. The standard InChI is InChI=1S/C27H35FN8O/c1-16(2)36-17(3)30-20-8-7-19(31-24(20)36)23-18(28)12-35-21(23)11-29-25(33-35)32-22-9-10-34(13-26(22,4)5)27(6)14-37-15-27/h7-8,11-12,16,22H,9-10,13-15H2,1-6H3,(H,32,33)/t22-/m0/s1. The van der Waals surface area contributed by atoms with Crippen molar-refractivity contribution >= 4 is 22.6 Å². The molecule has 0 unspecified atom stereocenters. The number of aromatic nitrogens is 6. The number of halogens is 1. The first-order chi connectivity index (χ1) is 17.6. The third-order valence-corrected chi connectivity index (χ3v) is 8.10. The van der Waals surface area contributed by atoms with Crippen molar-refractivity contribution in [2.24, 2.45) is 5.41 Å². The quantitative estimate of drug-likeness (QED) is 0.427. The van der Waals surface area contributed by atoms with Gasteiger partial charge in [-0.05, 0) is 51.7 Å². The summed E-state index contributed by atoms with van der Waals surface area (Å²) in [7, 11) is 0. The molecule has 1 atom stereocenters. The van der Waals surface area contributed by atoms with Crippen LogP contribution >= 0.6 is 0 Å². The number of piperidine rings is 1. The zero-order valence-electron chi connectivity index (χ0n) is 22.4. The molecule has 6 rings (SSSR count). The van der Waals surface area contributed by atoms with Gasteiger partial charge in [0, 0.05) is 25.2 Å². The Hall–Kier alpha value is -3.11. The molecule has 9 nitrogen and oxygen atoms in total. The molecule has 10 heteroatoms. The molecule has 2 aliphatic heterocycles. The van der Waals surface area contributed by atoms with Crippen LogP contribution in [0.3, 0.4) is 0 Å². The van der Waals surface area contributed by atoms with Crippen LogP contribution in [0.1, 0.15) is 52.9 Å². The number of fused-ring (bicyclic) bond motifs is 2. The first-order valence-electron chi connectivity index (χ1n) is 13.0. The van der Waals surface area contributed by atoms with Crippen LogP contribution in [0.15, 0.2) is 24.5 Å². The van der Waals surface area contributed by atoms with Gasteiger partial charge in [-0.2, -0.15) is 0 Å². The smallest absolute Gasteiger partial charge is 0.241 e. The van der Waals surface area contributed by atoms with Gasteiger partial charge in [-0.15, -0.1) is 5.10 Å². The first-order valence-corrected chi connectivity index (χ1v) is 13.0. The molecule has 4 aromatic heterocycles. The Kier molecular flexibility index (Phi) is 5.54. The Morgan fingerprint density at radius 3 is 2.62 bits per heavy atom. The van der Waals surface area contributed by atoms with Gasteiger partial charge in [-0.25, -0.2) is 23.9 Å². The molecule has 0 saturated carbocycles. The van der Waals surface area contributed by atoms with E-state index in [0.29, 0.717) is 22.7 Å². The van der Waals surface area contributed by atoms with Gasteiger partial charge in [0.25, 0.3) is 0 Å². The van der Waals surface area contributed by atoms with E-state index in [4.69, 9.17) is 9.72 Å². The number of anilines is 1. The zero-order valence-corrected chi connectivity index (χ0v) is 22.4. The summed E-state index contributed by atoms with van der Waals surface area (Å²) in [5.41, 5.74) is 3.22. The number of pyridine rings is 1. The number of ether oxygens (including phenoxy) is 1. The summed E-state index contributed by atoms with van der Waals surface area (Å²) < 4.78 is 24.4. The normalized spacial score (nSPS) is 21.6. The Morgan fingerprint density at radius 2 is 1.95 bits per heavy atom. The number of hydrogen-bond acceptors (Lipinski definition) is 7. The number of hydrogen-bond donors (Lipinski definition) is 1. The zero-order chi connectivity index (χ0) is 26.1. The van der Waals surface area contributed by atoms with E-state index in [2.05, 4.69) is 64.5 Å². The van der Waals surface area contributed by atoms with Gasteiger partial charge in [-0.1, -0.05) is 13.8 Å². The Bertz CT molecular complexity index is 1480. The van der Waals surface area contributed by atoms with Crippen LogP contribution < -0.4 is 5.32 Å². The number of rotatable bonds is 5. The largest absolute Gasteiger partial charge is 0.377 e. The molecule has 0 amide bonds. The van der Waals surface area contributed by atoms with E-state index in [9.17, 15) is 0 Å². The lowest BCUT2D eigenvalue weighted by Crippen LogP contribution is -2.65. The van der Waals surface area contributed by atoms with Gasteiger partial charge in [-0.3, -0.25) is 4.90 Å². The number of nitrogens with one attached hydrogen (secondary N) is 1. The van der Waals surface area contributed by atoms with Crippen LogP contribution in [0.4, 0.5) is 10.3 Å². The number of aryl methyl sites for hydroxylation is 1. The predicted molar refractivity (Wildman–Crippen MR) is 141 cm³/mol. The Morgan fingerprint density at radius 1 is 1.16 bits per heavy atom. The summed E-state index contributed by atoms with van der Waals surface area (Å²) in [5.74, 6) is 1.01. The number of nitrogens with zero attached hydrogens (tertiary/aromatic N) is 7. The summed E-state index contributed by atoms with van der Waals surface area (Å²) in [6, 6.07) is 4.11. The van der Waals surface area contributed by atoms with Crippen LogP contribution in [0.5, 0.6) is 0 Å². The maximum Gasteiger partial charge on any atom is 0.241 e. The lowest BCUT2D eigenvalue weighted by atomic mass is 9.77. The SMILES string of the molecule is Cc1nc2ccc(-c3c(F)cn4nc(N[C@H]5CCN(C6(C)COC6)CC5(C)C)ncc34)nc2n1C(C)C. The van der Waals surface area contributed by atoms with Gasteiger partial charge in [0.1, 0.15) is 11.3 Å². The molecule has 37 heavy (non-hydrogen) atoms. The van der Waals surface area contributed by atoms with Crippen molar-refractivity contribution in [3.8, 4) is 11.3 Å². The van der Waals surface area contributed by atoms with E-state index in [-0.39, 0.29) is 28.9 Å². The minimum atomic E-state index is -0.379. The topological polar surface area (TPSA) is 85.4 Å². The first kappa shape index (κ1) is 24.2. The predicted octanol–water partition coefficient (Wildman–Crippen LogP) is 4.47. The van der Waals surface area contributed by atoms with Crippen LogP contribution in [-0.2, 0) is 4.74 Å². The van der Waals surface area contributed by atoms with Crippen molar-refractivity contribution < 1.29 is 9.13 Å². The minimum Gasteiger partial charge on any atom is -0.377 e. The van der Waals surface area contributed by atoms with Crippen LogP contribution in [-0.4, -0.2) is 71.9 Å². The van der Waals surface area contributed by atoms with Crippen molar-refractivity contribution in [1.29, 1.82) is 0 Å². The Balaban J connectivity index is 1.28. The van der Waals surface area contributed by atoms with Crippen molar-refractivity contribution in [2.45, 2.75) is 65.6 Å². The molecule has 6 heterocycles. The molecule has 196 valence electrons. The number of imidazole rings is 1. The van der Waals surface area contributed by atoms with E-state index in [1.165, 1.54) is 6.20 Å². The second-order valence-corrected chi connectivity index (χ2v) is 11.8. The molecular formula is C27H35FN8O. The van der Waals surface area contributed by atoms with Gasteiger partial charge in [0.05, 0.1) is 47.9 Å². The fourth-order valence-electron chi connectivity index (χ4n) is 5.92. The molecule has 4 aromatic rings. The molecule has 2 fully saturated rings. The second-order valence-electron chi connectivity index (χ2n) is 11.8. The molecule has 2 aliphatic rings. The van der Waals surface area contributed by atoms with Crippen molar-refractivity contribution in [3.63, 3.8) is 0 Å². The van der Waals surface area contributed by atoms with E-state index in [1.807, 2.05) is 19.1 Å². The lowest BCUT2D eigenvalue weighted by Gasteiger charge is -2.54. The summed E-state index contributed by atoms with van der Waals surface area (Å²) in [4.78, 5) is 16.5. The molecule has 2 saturated heterocycles.